The lowest BCUT2D eigenvalue weighted by Crippen LogP contribution is -2.26. The molecule has 1 aromatic rings. The van der Waals surface area contributed by atoms with E-state index in [1.807, 2.05) is 6.92 Å². The highest BCUT2D eigenvalue weighted by atomic mass is 79.9. The minimum atomic E-state index is -0.251. The maximum atomic E-state index is 11.6. The number of carbonyl (C=O) groups excluding carboxylic acids is 2. The molecule has 0 heterocycles. The Kier molecular flexibility index (Phi) is 6.52. The van der Waals surface area contributed by atoms with E-state index < -0.39 is 0 Å². The van der Waals surface area contributed by atoms with E-state index in [4.69, 9.17) is 5.11 Å². The van der Waals surface area contributed by atoms with Crippen LogP contribution in [0.3, 0.4) is 0 Å². The van der Waals surface area contributed by atoms with E-state index in [2.05, 4.69) is 26.6 Å². The van der Waals surface area contributed by atoms with Gasteiger partial charge in [-0.05, 0) is 30.7 Å². The summed E-state index contributed by atoms with van der Waals surface area (Å²) in [7, 11) is 0. The minimum absolute atomic E-state index is 0.0937. The second-order valence-corrected chi connectivity index (χ2v) is 5.03. The fourth-order valence-electron chi connectivity index (χ4n) is 1.38. The summed E-state index contributed by atoms with van der Waals surface area (Å²) in [5.74, 6) is -0.362. The highest BCUT2D eigenvalue weighted by molar-refractivity contribution is 9.10. The Morgan fingerprint density at radius 3 is 2.47 bits per heavy atom. The maximum absolute atomic E-state index is 11.6. The van der Waals surface area contributed by atoms with Crippen LogP contribution in [-0.4, -0.2) is 34.9 Å². The van der Waals surface area contributed by atoms with E-state index in [1.54, 1.807) is 24.3 Å². The number of benzene rings is 1. The average molecular weight is 329 g/mol. The first-order valence-electron chi connectivity index (χ1n) is 6.02. The molecule has 1 unspecified atom stereocenters. The standard InChI is InChI=1S/C13H17BrN2O3/c1-2-11(14)13(19)16-10-5-3-9(4-6-10)12(18)15-7-8-17/h3-6,11,17H,2,7-8H2,1H3,(H,15,18)(H,16,19). The first-order valence-corrected chi connectivity index (χ1v) is 6.94. The van der Waals surface area contributed by atoms with Gasteiger partial charge in [-0.1, -0.05) is 22.9 Å². The van der Waals surface area contributed by atoms with Crippen molar-refractivity contribution >= 4 is 33.4 Å². The van der Waals surface area contributed by atoms with E-state index >= 15 is 0 Å². The lowest BCUT2D eigenvalue weighted by Gasteiger charge is -2.09. The number of nitrogens with one attached hydrogen (secondary N) is 2. The van der Waals surface area contributed by atoms with Crippen LogP contribution in [0.5, 0.6) is 0 Å². The number of alkyl halides is 1. The summed E-state index contributed by atoms with van der Waals surface area (Å²) < 4.78 is 0. The normalized spacial score (nSPS) is 11.7. The maximum Gasteiger partial charge on any atom is 0.251 e. The van der Waals surface area contributed by atoms with Crippen molar-refractivity contribution in [1.29, 1.82) is 0 Å². The molecule has 104 valence electrons. The smallest absolute Gasteiger partial charge is 0.251 e. The number of amides is 2. The van der Waals surface area contributed by atoms with Crippen molar-refractivity contribution < 1.29 is 14.7 Å². The third-order valence-electron chi connectivity index (χ3n) is 2.45. The predicted molar refractivity (Wildman–Crippen MR) is 77.5 cm³/mol. The second kappa shape index (κ2) is 7.91. The Bertz CT molecular complexity index is 434. The topological polar surface area (TPSA) is 78.4 Å². The molecule has 19 heavy (non-hydrogen) atoms. The van der Waals surface area contributed by atoms with E-state index in [0.29, 0.717) is 17.7 Å². The lowest BCUT2D eigenvalue weighted by atomic mass is 10.2. The molecule has 0 aliphatic carbocycles. The number of aliphatic hydroxyl groups excluding tert-OH is 1. The molecule has 0 aromatic heterocycles. The van der Waals surface area contributed by atoms with Crippen molar-refractivity contribution in [2.75, 3.05) is 18.5 Å². The van der Waals surface area contributed by atoms with E-state index in [9.17, 15) is 9.59 Å². The van der Waals surface area contributed by atoms with Crippen LogP contribution < -0.4 is 10.6 Å². The number of aliphatic hydroxyl groups is 1. The summed E-state index contributed by atoms with van der Waals surface area (Å²) >= 11 is 3.27. The van der Waals surface area contributed by atoms with E-state index in [0.717, 1.165) is 0 Å². The molecule has 0 spiro atoms. The summed E-state index contributed by atoms with van der Waals surface area (Å²) in [5.41, 5.74) is 1.12. The van der Waals surface area contributed by atoms with Gasteiger partial charge in [-0.3, -0.25) is 9.59 Å². The van der Waals surface area contributed by atoms with Crippen LogP contribution >= 0.6 is 15.9 Å². The summed E-state index contributed by atoms with van der Waals surface area (Å²) in [6.07, 6.45) is 0.702. The minimum Gasteiger partial charge on any atom is -0.395 e. The molecule has 0 aliphatic rings. The molecule has 5 nitrogen and oxygen atoms in total. The fourth-order valence-corrected chi connectivity index (χ4v) is 1.50. The Balaban J connectivity index is 2.61. The monoisotopic (exact) mass is 328 g/mol. The quantitative estimate of drug-likeness (QED) is 0.693. The third kappa shape index (κ3) is 5.00. The van der Waals surface area contributed by atoms with Gasteiger partial charge < -0.3 is 15.7 Å². The number of halogens is 1. The molecular weight excluding hydrogens is 312 g/mol. The zero-order chi connectivity index (χ0) is 14.3. The van der Waals surface area contributed by atoms with Crippen LogP contribution in [0.25, 0.3) is 0 Å². The van der Waals surface area contributed by atoms with Gasteiger partial charge in [0.1, 0.15) is 0 Å². The van der Waals surface area contributed by atoms with Crippen molar-refractivity contribution in [3.05, 3.63) is 29.8 Å². The van der Waals surface area contributed by atoms with E-state index in [1.165, 1.54) is 0 Å². The van der Waals surface area contributed by atoms with Gasteiger partial charge in [0, 0.05) is 17.8 Å². The number of anilines is 1. The molecule has 0 bridgehead atoms. The molecule has 0 saturated carbocycles. The Labute approximate surface area is 120 Å². The molecule has 0 radical (unpaired) electrons. The summed E-state index contributed by atoms with van der Waals surface area (Å²) in [4.78, 5) is 23.0. The van der Waals surface area contributed by atoms with Crippen LogP contribution in [0.1, 0.15) is 23.7 Å². The number of hydrogen-bond acceptors (Lipinski definition) is 3. The Morgan fingerprint density at radius 1 is 1.32 bits per heavy atom. The molecule has 1 aromatic carbocycles. The largest absolute Gasteiger partial charge is 0.395 e. The highest BCUT2D eigenvalue weighted by Gasteiger charge is 2.12. The summed E-state index contributed by atoms with van der Waals surface area (Å²) in [6.45, 7) is 2.04. The molecular formula is C13H17BrN2O3. The van der Waals surface area contributed by atoms with Gasteiger partial charge in [0.2, 0.25) is 5.91 Å². The van der Waals surface area contributed by atoms with Gasteiger partial charge in [0.05, 0.1) is 11.4 Å². The number of carbonyl (C=O) groups is 2. The van der Waals surface area contributed by atoms with Crippen molar-refractivity contribution in [3.63, 3.8) is 0 Å². The van der Waals surface area contributed by atoms with Crippen molar-refractivity contribution in [2.45, 2.75) is 18.2 Å². The van der Waals surface area contributed by atoms with Gasteiger partial charge in [-0.15, -0.1) is 0 Å². The molecule has 0 aliphatic heterocycles. The van der Waals surface area contributed by atoms with Gasteiger partial charge >= 0.3 is 0 Å². The van der Waals surface area contributed by atoms with Gasteiger partial charge in [-0.25, -0.2) is 0 Å². The molecule has 3 N–H and O–H groups in total. The molecule has 0 fully saturated rings. The highest BCUT2D eigenvalue weighted by Crippen LogP contribution is 2.12. The van der Waals surface area contributed by atoms with Crippen LogP contribution in [0, 0.1) is 0 Å². The Morgan fingerprint density at radius 2 is 1.95 bits per heavy atom. The second-order valence-electron chi connectivity index (χ2n) is 3.92. The first kappa shape index (κ1) is 15.7. The molecule has 6 heteroatoms. The summed E-state index contributed by atoms with van der Waals surface area (Å²) in [5, 5.41) is 13.9. The molecule has 0 saturated heterocycles. The van der Waals surface area contributed by atoms with Gasteiger partial charge in [-0.2, -0.15) is 0 Å². The van der Waals surface area contributed by atoms with Gasteiger partial charge in [0.25, 0.3) is 5.91 Å². The lowest BCUT2D eigenvalue weighted by molar-refractivity contribution is -0.115. The molecule has 2 amide bonds. The Hall–Kier alpha value is -1.40. The SMILES string of the molecule is CCC(Br)C(=O)Nc1ccc(C(=O)NCCO)cc1. The van der Waals surface area contributed by atoms with Crippen molar-refractivity contribution in [2.24, 2.45) is 0 Å². The molecule has 1 atom stereocenters. The predicted octanol–water partition coefficient (Wildman–Crippen LogP) is 1.52. The van der Waals surface area contributed by atoms with Gasteiger partial charge in [0.15, 0.2) is 0 Å². The van der Waals surface area contributed by atoms with E-state index in [-0.39, 0.29) is 29.8 Å². The zero-order valence-corrected chi connectivity index (χ0v) is 12.2. The van der Waals surface area contributed by atoms with Crippen LogP contribution in [0.4, 0.5) is 5.69 Å². The van der Waals surface area contributed by atoms with Crippen molar-refractivity contribution in [3.8, 4) is 0 Å². The van der Waals surface area contributed by atoms with Crippen LogP contribution in [-0.2, 0) is 4.79 Å². The zero-order valence-electron chi connectivity index (χ0n) is 10.6. The first-order chi connectivity index (χ1) is 9.08. The average Bonchev–Trinajstić information content (AvgIpc) is 2.44. The number of rotatable bonds is 6. The molecule has 1 rings (SSSR count). The van der Waals surface area contributed by atoms with Crippen LogP contribution in [0.15, 0.2) is 24.3 Å². The van der Waals surface area contributed by atoms with Crippen molar-refractivity contribution in [1.82, 2.24) is 5.32 Å². The summed E-state index contributed by atoms with van der Waals surface area (Å²) in [6, 6.07) is 6.58. The fraction of sp³-hybridized carbons (Fsp3) is 0.385. The number of hydrogen-bond donors (Lipinski definition) is 3. The van der Waals surface area contributed by atoms with Crippen LogP contribution in [0.2, 0.25) is 0 Å². The third-order valence-corrected chi connectivity index (χ3v) is 3.52.